The van der Waals surface area contributed by atoms with Crippen molar-refractivity contribution in [2.45, 2.75) is 13.0 Å². The number of alkyl halides is 1. The molecule has 0 aliphatic rings. The van der Waals surface area contributed by atoms with Crippen LogP contribution in [0.15, 0.2) is 24.3 Å². The molecule has 0 radical (unpaired) electrons. The zero-order chi connectivity index (χ0) is 12.0. The van der Waals surface area contributed by atoms with E-state index in [9.17, 15) is 4.79 Å². The molecule has 0 fully saturated rings. The number of esters is 1. The van der Waals surface area contributed by atoms with Crippen molar-refractivity contribution < 1.29 is 14.3 Å². The molecule has 0 N–H and O–H groups in total. The Morgan fingerprint density at radius 2 is 2.00 bits per heavy atom. The van der Waals surface area contributed by atoms with Gasteiger partial charge in [0.2, 0.25) is 0 Å². The van der Waals surface area contributed by atoms with Gasteiger partial charge in [0.1, 0.15) is 12.4 Å². The van der Waals surface area contributed by atoms with E-state index in [-0.39, 0.29) is 12.5 Å². The smallest absolute Gasteiger partial charge is 0.347 e. The Balaban J connectivity index is 2.47. The lowest BCUT2D eigenvalue weighted by Crippen LogP contribution is -2.26. The van der Waals surface area contributed by atoms with Gasteiger partial charge < -0.3 is 9.47 Å². The summed E-state index contributed by atoms with van der Waals surface area (Å²) in [6.45, 7) is 1.81. The van der Waals surface area contributed by atoms with Gasteiger partial charge in [-0.15, -0.1) is 11.6 Å². The Morgan fingerprint density at radius 1 is 1.38 bits per heavy atom. The number of benzene rings is 1. The van der Waals surface area contributed by atoms with E-state index >= 15 is 0 Å². The molecule has 3 nitrogen and oxygen atoms in total. The van der Waals surface area contributed by atoms with Crippen molar-refractivity contribution in [2.75, 3.05) is 12.5 Å². The van der Waals surface area contributed by atoms with Gasteiger partial charge in [-0.2, -0.15) is 0 Å². The average Bonchev–Trinajstić information content (AvgIpc) is 2.29. The topological polar surface area (TPSA) is 35.5 Å². The van der Waals surface area contributed by atoms with E-state index in [1.807, 2.05) is 0 Å². The summed E-state index contributed by atoms with van der Waals surface area (Å²) in [6, 6.07) is 6.75. The molecule has 0 aliphatic carbocycles. The number of carbonyl (C=O) groups is 1. The lowest BCUT2D eigenvalue weighted by molar-refractivity contribution is -0.150. The third-order valence-corrected chi connectivity index (χ3v) is 2.19. The summed E-state index contributed by atoms with van der Waals surface area (Å²) in [4.78, 5) is 11.3. The standard InChI is InChI=1S/C11H12Cl2O3/c1-8(11(14)15-7-6-12)16-10-4-2-9(13)3-5-10/h2-5,8H,6-7H2,1H3. The van der Waals surface area contributed by atoms with E-state index in [1.54, 1.807) is 31.2 Å². The predicted octanol–water partition coefficient (Wildman–Crippen LogP) is 2.89. The summed E-state index contributed by atoms with van der Waals surface area (Å²) in [5.74, 6) is 0.412. The first kappa shape index (κ1) is 13.1. The molecule has 88 valence electrons. The first-order chi connectivity index (χ1) is 7.63. The molecular weight excluding hydrogens is 251 g/mol. The fraction of sp³-hybridized carbons (Fsp3) is 0.364. The number of carbonyl (C=O) groups excluding carboxylic acids is 1. The van der Waals surface area contributed by atoms with Crippen molar-refractivity contribution in [1.82, 2.24) is 0 Å². The zero-order valence-corrected chi connectivity index (χ0v) is 10.3. The summed E-state index contributed by atoms with van der Waals surface area (Å²) < 4.78 is 10.2. The molecule has 0 aromatic heterocycles. The van der Waals surface area contributed by atoms with Gasteiger partial charge >= 0.3 is 5.97 Å². The molecule has 0 bridgehead atoms. The molecule has 1 unspecified atom stereocenters. The van der Waals surface area contributed by atoms with Crippen molar-refractivity contribution in [2.24, 2.45) is 0 Å². The number of rotatable bonds is 5. The SMILES string of the molecule is CC(Oc1ccc(Cl)cc1)C(=O)OCCCl. The molecule has 0 heterocycles. The Kier molecular flexibility index (Phi) is 5.43. The van der Waals surface area contributed by atoms with E-state index in [1.165, 1.54) is 0 Å². The second-order valence-electron chi connectivity index (χ2n) is 3.07. The molecule has 1 rings (SSSR count). The minimum Gasteiger partial charge on any atom is -0.479 e. The molecule has 0 spiro atoms. The second kappa shape index (κ2) is 6.61. The molecule has 0 saturated carbocycles. The van der Waals surface area contributed by atoms with Crippen LogP contribution in [0.1, 0.15) is 6.92 Å². The fourth-order valence-electron chi connectivity index (χ4n) is 1.02. The third kappa shape index (κ3) is 4.29. The molecule has 5 heteroatoms. The van der Waals surface area contributed by atoms with Crippen LogP contribution in [0.5, 0.6) is 5.75 Å². The van der Waals surface area contributed by atoms with Gasteiger partial charge in [-0.25, -0.2) is 4.79 Å². The van der Waals surface area contributed by atoms with Crippen molar-refractivity contribution in [1.29, 1.82) is 0 Å². The molecular formula is C11H12Cl2O3. The Bertz CT molecular complexity index is 338. The lowest BCUT2D eigenvalue weighted by Gasteiger charge is -2.13. The van der Waals surface area contributed by atoms with Crippen LogP contribution in [-0.4, -0.2) is 24.6 Å². The van der Waals surface area contributed by atoms with Gasteiger partial charge in [-0.05, 0) is 31.2 Å². The maximum atomic E-state index is 11.3. The maximum absolute atomic E-state index is 11.3. The molecule has 0 amide bonds. The van der Waals surface area contributed by atoms with Crippen LogP contribution in [0.3, 0.4) is 0 Å². The van der Waals surface area contributed by atoms with Crippen LogP contribution >= 0.6 is 23.2 Å². The van der Waals surface area contributed by atoms with Gasteiger partial charge in [0.25, 0.3) is 0 Å². The van der Waals surface area contributed by atoms with Crippen LogP contribution in [-0.2, 0) is 9.53 Å². The normalized spacial score (nSPS) is 11.9. The van der Waals surface area contributed by atoms with Gasteiger partial charge in [0.15, 0.2) is 6.10 Å². The highest BCUT2D eigenvalue weighted by Gasteiger charge is 2.15. The van der Waals surface area contributed by atoms with Crippen molar-refractivity contribution >= 4 is 29.2 Å². The first-order valence-electron chi connectivity index (χ1n) is 4.78. The molecule has 0 saturated heterocycles. The summed E-state index contributed by atoms with van der Waals surface area (Å²) in [5, 5.41) is 0.615. The lowest BCUT2D eigenvalue weighted by atomic mass is 10.3. The monoisotopic (exact) mass is 262 g/mol. The number of hydrogen-bond acceptors (Lipinski definition) is 3. The largest absolute Gasteiger partial charge is 0.479 e. The van der Waals surface area contributed by atoms with Crippen LogP contribution in [0.2, 0.25) is 5.02 Å². The molecule has 1 aromatic carbocycles. The highest BCUT2D eigenvalue weighted by molar-refractivity contribution is 6.30. The molecule has 16 heavy (non-hydrogen) atoms. The van der Waals surface area contributed by atoms with E-state index in [0.29, 0.717) is 10.8 Å². The van der Waals surface area contributed by atoms with Crippen LogP contribution in [0.25, 0.3) is 0 Å². The average molecular weight is 263 g/mol. The summed E-state index contributed by atoms with van der Waals surface area (Å²) in [7, 11) is 0. The minimum absolute atomic E-state index is 0.189. The number of halogens is 2. The van der Waals surface area contributed by atoms with Crippen molar-refractivity contribution in [3.63, 3.8) is 0 Å². The predicted molar refractivity (Wildman–Crippen MR) is 63.2 cm³/mol. The van der Waals surface area contributed by atoms with Crippen LogP contribution < -0.4 is 4.74 Å². The Labute approximate surface area is 104 Å². The third-order valence-electron chi connectivity index (χ3n) is 1.78. The highest BCUT2D eigenvalue weighted by Crippen LogP contribution is 2.16. The first-order valence-corrected chi connectivity index (χ1v) is 5.69. The second-order valence-corrected chi connectivity index (χ2v) is 3.88. The highest BCUT2D eigenvalue weighted by atomic mass is 35.5. The minimum atomic E-state index is -0.663. The van der Waals surface area contributed by atoms with Gasteiger partial charge in [-0.1, -0.05) is 11.6 Å². The quantitative estimate of drug-likeness (QED) is 0.605. The van der Waals surface area contributed by atoms with Crippen LogP contribution in [0.4, 0.5) is 0 Å². The molecule has 1 aromatic rings. The number of hydrogen-bond donors (Lipinski definition) is 0. The zero-order valence-electron chi connectivity index (χ0n) is 8.78. The van der Waals surface area contributed by atoms with Gasteiger partial charge in [0.05, 0.1) is 5.88 Å². The summed E-state index contributed by atoms with van der Waals surface area (Å²) in [6.07, 6.45) is -0.663. The van der Waals surface area contributed by atoms with E-state index < -0.39 is 12.1 Å². The van der Waals surface area contributed by atoms with E-state index in [0.717, 1.165) is 0 Å². The summed E-state index contributed by atoms with van der Waals surface area (Å²) >= 11 is 11.1. The maximum Gasteiger partial charge on any atom is 0.347 e. The van der Waals surface area contributed by atoms with E-state index in [2.05, 4.69) is 0 Å². The summed E-state index contributed by atoms with van der Waals surface area (Å²) in [5.41, 5.74) is 0. The molecule has 0 aliphatic heterocycles. The fourth-order valence-corrected chi connectivity index (χ4v) is 1.23. The molecule has 1 atom stereocenters. The van der Waals surface area contributed by atoms with Crippen molar-refractivity contribution in [3.8, 4) is 5.75 Å². The number of ether oxygens (including phenoxy) is 2. The van der Waals surface area contributed by atoms with Gasteiger partial charge in [-0.3, -0.25) is 0 Å². The van der Waals surface area contributed by atoms with E-state index in [4.69, 9.17) is 32.7 Å². The van der Waals surface area contributed by atoms with Gasteiger partial charge in [0, 0.05) is 5.02 Å². The van der Waals surface area contributed by atoms with Crippen LogP contribution in [0, 0.1) is 0 Å². The Morgan fingerprint density at radius 3 is 2.56 bits per heavy atom. The van der Waals surface area contributed by atoms with Crippen molar-refractivity contribution in [3.05, 3.63) is 29.3 Å². The Hall–Kier alpha value is -0.930.